The molecule has 4 rings (SSSR count). The van der Waals surface area contributed by atoms with Crippen molar-refractivity contribution in [3.63, 3.8) is 0 Å². The first-order chi connectivity index (χ1) is 15.6. The van der Waals surface area contributed by atoms with Crippen molar-refractivity contribution in [1.82, 2.24) is 0 Å². The summed E-state index contributed by atoms with van der Waals surface area (Å²) in [5.74, 6) is -2.11. The first-order valence-corrected chi connectivity index (χ1v) is 11.5. The molecule has 0 radical (unpaired) electrons. The number of ketones is 1. The number of amides is 1. The molecule has 1 N–H and O–H groups in total. The van der Waals surface area contributed by atoms with Gasteiger partial charge in [-0.3, -0.25) is 14.6 Å². The lowest BCUT2D eigenvalue weighted by Crippen LogP contribution is -2.39. The second kappa shape index (κ2) is 9.06. The Hall–Kier alpha value is -2.45. The normalized spacial score (nSPS) is 20.9. The molecule has 0 aromatic heterocycles. The number of anilines is 1. The number of aliphatic imine (C=N–C) groups is 1. The van der Waals surface area contributed by atoms with Gasteiger partial charge in [0.15, 0.2) is 5.78 Å². The zero-order valence-electron chi connectivity index (χ0n) is 17.5. The predicted octanol–water partition coefficient (Wildman–Crippen LogP) is 6.94. The van der Waals surface area contributed by atoms with Crippen molar-refractivity contribution in [2.75, 3.05) is 5.32 Å². The Morgan fingerprint density at radius 3 is 2.52 bits per heavy atom. The molecule has 1 unspecified atom stereocenters. The largest absolute Gasteiger partial charge is 0.416 e. The van der Waals surface area contributed by atoms with Gasteiger partial charge >= 0.3 is 6.18 Å². The minimum atomic E-state index is -4.58. The van der Waals surface area contributed by atoms with Crippen molar-refractivity contribution in [3.05, 3.63) is 74.4 Å². The Kier molecular flexibility index (Phi) is 6.51. The van der Waals surface area contributed by atoms with Crippen LogP contribution >= 0.6 is 27.5 Å². The van der Waals surface area contributed by atoms with Gasteiger partial charge in [0.05, 0.1) is 22.2 Å². The molecule has 0 saturated carbocycles. The van der Waals surface area contributed by atoms with Gasteiger partial charge in [0.1, 0.15) is 0 Å². The molecule has 0 saturated heterocycles. The summed E-state index contributed by atoms with van der Waals surface area (Å²) < 4.78 is 40.4. The summed E-state index contributed by atoms with van der Waals surface area (Å²) in [5, 5.41) is 2.53. The zero-order chi connectivity index (χ0) is 23.9. The van der Waals surface area contributed by atoms with Crippen LogP contribution in [0, 0.1) is 5.92 Å². The second-order valence-electron chi connectivity index (χ2n) is 8.08. The average Bonchev–Trinajstić information content (AvgIpc) is 2.74. The lowest BCUT2D eigenvalue weighted by Gasteiger charge is -2.35. The summed E-state index contributed by atoms with van der Waals surface area (Å²) in [7, 11) is 0. The molecule has 2 aliphatic rings. The number of hydrogen-bond donors (Lipinski definition) is 1. The third-order valence-electron chi connectivity index (χ3n) is 5.90. The fourth-order valence-corrected chi connectivity index (χ4v) is 4.81. The number of halogens is 5. The van der Waals surface area contributed by atoms with Crippen LogP contribution in [-0.4, -0.2) is 17.4 Å². The van der Waals surface area contributed by atoms with Crippen LogP contribution in [0.4, 0.5) is 18.9 Å². The molecule has 2 aromatic carbocycles. The van der Waals surface area contributed by atoms with Crippen molar-refractivity contribution >= 4 is 50.6 Å². The zero-order valence-corrected chi connectivity index (χ0v) is 19.8. The smallest absolute Gasteiger partial charge is 0.324 e. The van der Waals surface area contributed by atoms with Crippen molar-refractivity contribution in [2.45, 2.75) is 38.3 Å². The number of Topliss-reactive ketones (excluding diaryl/α,β-unsaturated/α-hetero) is 1. The van der Waals surface area contributed by atoms with Crippen molar-refractivity contribution < 1.29 is 22.8 Å². The topological polar surface area (TPSA) is 58.5 Å². The van der Waals surface area contributed by atoms with Crippen LogP contribution in [0.1, 0.15) is 43.2 Å². The van der Waals surface area contributed by atoms with Crippen LogP contribution in [0.5, 0.6) is 0 Å². The van der Waals surface area contributed by atoms with E-state index in [1.165, 1.54) is 0 Å². The molecule has 0 fully saturated rings. The highest BCUT2D eigenvalue weighted by Crippen LogP contribution is 2.44. The van der Waals surface area contributed by atoms with E-state index in [0.29, 0.717) is 36.2 Å². The maximum Gasteiger partial charge on any atom is 0.416 e. The van der Waals surface area contributed by atoms with Gasteiger partial charge in [-0.1, -0.05) is 39.7 Å². The van der Waals surface area contributed by atoms with Gasteiger partial charge < -0.3 is 5.32 Å². The summed E-state index contributed by atoms with van der Waals surface area (Å²) in [5.41, 5.74) is 1.37. The molecule has 33 heavy (non-hydrogen) atoms. The summed E-state index contributed by atoms with van der Waals surface area (Å²) >= 11 is 9.48. The van der Waals surface area contributed by atoms with Gasteiger partial charge in [-0.15, -0.1) is 0 Å². The molecule has 2 aromatic rings. The van der Waals surface area contributed by atoms with Gasteiger partial charge in [0.25, 0.3) is 0 Å². The van der Waals surface area contributed by atoms with Crippen LogP contribution in [-0.2, 0) is 15.8 Å². The molecule has 0 spiro atoms. The number of carbonyl (C=O) groups excluding carboxylic acids is 2. The molecule has 1 aliphatic heterocycles. The number of alkyl halides is 3. The Bertz CT molecular complexity index is 1190. The Balaban J connectivity index is 1.76. The monoisotopic (exact) mass is 538 g/mol. The molecule has 172 valence electrons. The highest BCUT2D eigenvalue weighted by molar-refractivity contribution is 9.10. The molecule has 0 bridgehead atoms. The van der Waals surface area contributed by atoms with E-state index in [1.807, 2.05) is 24.3 Å². The average molecular weight is 540 g/mol. The van der Waals surface area contributed by atoms with Crippen LogP contribution < -0.4 is 5.32 Å². The summed E-state index contributed by atoms with van der Waals surface area (Å²) in [4.78, 5) is 30.9. The second-order valence-corrected chi connectivity index (χ2v) is 9.40. The Morgan fingerprint density at radius 2 is 1.85 bits per heavy atom. The van der Waals surface area contributed by atoms with E-state index in [9.17, 15) is 22.8 Å². The highest BCUT2D eigenvalue weighted by atomic mass is 79.9. The number of benzene rings is 2. The maximum absolute atomic E-state index is 13.4. The van der Waals surface area contributed by atoms with Crippen LogP contribution in [0.15, 0.2) is 63.2 Å². The first kappa shape index (κ1) is 23.7. The fourth-order valence-electron chi connectivity index (χ4n) is 4.38. The third kappa shape index (κ3) is 4.77. The molecule has 1 aliphatic carbocycles. The fraction of sp³-hybridized carbons (Fsp3) is 0.292. The lowest BCUT2D eigenvalue weighted by molar-refractivity contribution is -0.137. The Morgan fingerprint density at radius 1 is 1.15 bits per heavy atom. The standard InChI is InChI=1S/C24H19BrClF3N2O2/c1-12-20(23(33)31-18-11-14(24(27,28)29)7-10-16(18)26)21(13-5-8-15(25)9-6-13)22-17(30-12)3-2-4-19(22)32/h5-11,20-21H,2-4H2,1H3,(H,31,33)/t20?,21-/m0/s1. The Labute approximate surface area is 202 Å². The highest BCUT2D eigenvalue weighted by Gasteiger charge is 2.42. The maximum atomic E-state index is 13.4. The number of allylic oxidation sites excluding steroid dienone is 2. The summed E-state index contributed by atoms with van der Waals surface area (Å²) in [6, 6.07) is 10.1. The van der Waals surface area contributed by atoms with E-state index in [1.54, 1.807) is 6.92 Å². The molecular weight excluding hydrogens is 521 g/mol. The van der Waals surface area contributed by atoms with E-state index in [4.69, 9.17) is 11.6 Å². The molecule has 9 heteroatoms. The first-order valence-electron chi connectivity index (χ1n) is 10.3. The number of hydrogen-bond acceptors (Lipinski definition) is 3. The third-order valence-corrected chi connectivity index (χ3v) is 6.76. The SMILES string of the molecule is CC1=NC2=C(C(=O)CCC2)[C@@H](c2ccc(Br)cc2)C1C(=O)Nc1cc(C(F)(F)F)ccc1Cl. The molecule has 2 atom stereocenters. The van der Waals surface area contributed by atoms with E-state index in [-0.39, 0.29) is 16.5 Å². The molecule has 1 heterocycles. The van der Waals surface area contributed by atoms with E-state index < -0.39 is 29.5 Å². The van der Waals surface area contributed by atoms with Gasteiger partial charge in [0, 0.05) is 33.8 Å². The van der Waals surface area contributed by atoms with Crippen LogP contribution in [0.3, 0.4) is 0 Å². The van der Waals surface area contributed by atoms with Crippen LogP contribution in [0.2, 0.25) is 5.02 Å². The minimum absolute atomic E-state index is 0.0180. The van der Waals surface area contributed by atoms with Crippen molar-refractivity contribution in [1.29, 1.82) is 0 Å². The van der Waals surface area contributed by atoms with Gasteiger partial charge in [-0.05, 0) is 55.7 Å². The molecular formula is C24H19BrClF3N2O2. The summed E-state index contributed by atoms with van der Waals surface area (Å²) in [6.45, 7) is 1.70. The van der Waals surface area contributed by atoms with Gasteiger partial charge in [-0.2, -0.15) is 13.2 Å². The van der Waals surface area contributed by atoms with Crippen molar-refractivity contribution in [2.24, 2.45) is 10.9 Å². The van der Waals surface area contributed by atoms with Crippen molar-refractivity contribution in [3.8, 4) is 0 Å². The summed E-state index contributed by atoms with van der Waals surface area (Å²) in [6.07, 6.45) is -2.88. The number of carbonyl (C=O) groups is 2. The predicted molar refractivity (Wildman–Crippen MR) is 124 cm³/mol. The van der Waals surface area contributed by atoms with E-state index >= 15 is 0 Å². The number of nitrogens with one attached hydrogen (secondary N) is 1. The van der Waals surface area contributed by atoms with Gasteiger partial charge in [0.2, 0.25) is 5.91 Å². The van der Waals surface area contributed by atoms with Crippen LogP contribution in [0.25, 0.3) is 0 Å². The quantitative estimate of drug-likeness (QED) is 0.459. The molecule has 4 nitrogen and oxygen atoms in total. The van der Waals surface area contributed by atoms with E-state index in [0.717, 1.165) is 28.2 Å². The van der Waals surface area contributed by atoms with Gasteiger partial charge in [-0.25, -0.2) is 0 Å². The minimum Gasteiger partial charge on any atom is -0.324 e. The van der Waals surface area contributed by atoms with E-state index in [2.05, 4.69) is 26.2 Å². The number of rotatable bonds is 3. The lowest BCUT2D eigenvalue weighted by atomic mass is 9.71. The molecule has 1 amide bonds. The number of nitrogens with zero attached hydrogens (tertiary/aromatic N) is 1.